The third kappa shape index (κ3) is 2.61. The van der Waals surface area contributed by atoms with Crippen molar-refractivity contribution in [3.8, 4) is 5.75 Å². The van der Waals surface area contributed by atoms with E-state index in [1.165, 1.54) is 0 Å². The van der Waals surface area contributed by atoms with Crippen molar-refractivity contribution in [2.24, 2.45) is 0 Å². The normalized spacial score (nSPS) is 12.7. The Bertz CT molecular complexity index is 521. The van der Waals surface area contributed by atoms with Gasteiger partial charge in [-0.05, 0) is 38.6 Å². The average molecular weight is 260 g/mol. The van der Waals surface area contributed by atoms with Crippen LogP contribution in [0.15, 0.2) is 30.7 Å². The molecule has 0 aliphatic carbocycles. The fourth-order valence-corrected chi connectivity index (χ4v) is 2.22. The molecule has 102 valence electrons. The van der Waals surface area contributed by atoms with E-state index in [9.17, 15) is 0 Å². The fraction of sp³-hybridized carbons (Fsp3) is 0.429. The van der Waals surface area contributed by atoms with E-state index in [0.717, 1.165) is 17.0 Å². The number of aromatic nitrogens is 3. The zero-order chi connectivity index (χ0) is 13.8. The maximum atomic E-state index is 5.44. The second-order valence-corrected chi connectivity index (χ2v) is 4.64. The van der Waals surface area contributed by atoms with E-state index in [1.807, 2.05) is 23.9 Å². The van der Waals surface area contributed by atoms with Gasteiger partial charge in [-0.3, -0.25) is 9.67 Å². The molecular weight excluding hydrogens is 240 g/mol. The first-order valence-corrected chi connectivity index (χ1v) is 6.37. The summed E-state index contributed by atoms with van der Waals surface area (Å²) >= 11 is 0. The second-order valence-electron chi connectivity index (χ2n) is 4.64. The van der Waals surface area contributed by atoms with Crippen molar-refractivity contribution in [1.29, 1.82) is 0 Å². The predicted molar refractivity (Wildman–Crippen MR) is 74.3 cm³/mol. The first-order valence-electron chi connectivity index (χ1n) is 6.37. The SMILES string of the molecule is CNC(c1ccncc1)c1c(OC)cnn1C(C)C. The molecular formula is C14H20N4O. The molecule has 0 amide bonds. The molecule has 0 radical (unpaired) electrons. The summed E-state index contributed by atoms with van der Waals surface area (Å²) in [6.45, 7) is 4.21. The Morgan fingerprint density at radius 2 is 1.95 bits per heavy atom. The number of methoxy groups -OCH3 is 1. The lowest BCUT2D eigenvalue weighted by Crippen LogP contribution is -2.23. The van der Waals surface area contributed by atoms with Gasteiger partial charge in [0.05, 0.1) is 19.3 Å². The van der Waals surface area contributed by atoms with E-state index in [2.05, 4.69) is 29.2 Å². The molecule has 19 heavy (non-hydrogen) atoms. The van der Waals surface area contributed by atoms with Crippen LogP contribution in [-0.4, -0.2) is 28.9 Å². The number of ether oxygens (including phenoxy) is 1. The topological polar surface area (TPSA) is 52.0 Å². The summed E-state index contributed by atoms with van der Waals surface area (Å²) in [7, 11) is 3.60. The van der Waals surface area contributed by atoms with Gasteiger partial charge in [-0.15, -0.1) is 0 Å². The highest BCUT2D eigenvalue weighted by atomic mass is 16.5. The van der Waals surface area contributed by atoms with Crippen LogP contribution < -0.4 is 10.1 Å². The van der Waals surface area contributed by atoms with Gasteiger partial charge in [0.25, 0.3) is 0 Å². The molecule has 1 unspecified atom stereocenters. The van der Waals surface area contributed by atoms with E-state index >= 15 is 0 Å². The number of pyridine rings is 1. The van der Waals surface area contributed by atoms with Crippen LogP contribution in [0.3, 0.4) is 0 Å². The molecule has 0 fully saturated rings. The fourth-order valence-electron chi connectivity index (χ4n) is 2.22. The molecule has 0 bridgehead atoms. The highest BCUT2D eigenvalue weighted by molar-refractivity contribution is 5.36. The van der Waals surface area contributed by atoms with Crippen LogP contribution in [0, 0.1) is 0 Å². The number of nitrogens with zero attached hydrogens (tertiary/aromatic N) is 3. The van der Waals surface area contributed by atoms with Gasteiger partial charge < -0.3 is 10.1 Å². The summed E-state index contributed by atoms with van der Waals surface area (Å²) in [5, 5.41) is 7.74. The minimum atomic E-state index is 0.0304. The van der Waals surface area contributed by atoms with E-state index in [1.54, 1.807) is 25.7 Å². The third-order valence-electron chi connectivity index (χ3n) is 3.11. The number of hydrogen-bond acceptors (Lipinski definition) is 4. The maximum absolute atomic E-state index is 5.44. The summed E-state index contributed by atoms with van der Waals surface area (Å²) in [5.74, 6) is 0.796. The lowest BCUT2D eigenvalue weighted by Gasteiger charge is -2.21. The van der Waals surface area contributed by atoms with Crippen molar-refractivity contribution in [2.45, 2.75) is 25.9 Å². The van der Waals surface area contributed by atoms with Crippen molar-refractivity contribution in [3.05, 3.63) is 42.0 Å². The van der Waals surface area contributed by atoms with E-state index in [4.69, 9.17) is 4.74 Å². The summed E-state index contributed by atoms with van der Waals surface area (Å²) in [5.41, 5.74) is 2.17. The van der Waals surface area contributed by atoms with Gasteiger partial charge in [0.15, 0.2) is 5.75 Å². The standard InChI is InChI=1S/C14H20N4O/c1-10(2)18-14(12(19-4)9-17-18)13(15-3)11-5-7-16-8-6-11/h5-10,13,15H,1-4H3. The molecule has 0 spiro atoms. The molecule has 0 aliphatic heterocycles. The van der Waals surface area contributed by atoms with Crippen molar-refractivity contribution in [1.82, 2.24) is 20.1 Å². The van der Waals surface area contributed by atoms with Crippen molar-refractivity contribution < 1.29 is 4.74 Å². The highest BCUT2D eigenvalue weighted by Crippen LogP contribution is 2.31. The molecule has 0 aromatic carbocycles. The van der Waals surface area contributed by atoms with Crippen LogP contribution in [0.1, 0.15) is 37.2 Å². The Hall–Kier alpha value is -1.88. The molecule has 5 nitrogen and oxygen atoms in total. The molecule has 2 heterocycles. The Kier molecular flexibility index (Phi) is 4.16. The van der Waals surface area contributed by atoms with Crippen molar-refractivity contribution in [3.63, 3.8) is 0 Å². The lowest BCUT2D eigenvalue weighted by atomic mass is 10.0. The van der Waals surface area contributed by atoms with Gasteiger partial charge in [-0.2, -0.15) is 5.10 Å². The van der Waals surface area contributed by atoms with Gasteiger partial charge in [-0.1, -0.05) is 0 Å². The smallest absolute Gasteiger partial charge is 0.161 e. The quantitative estimate of drug-likeness (QED) is 0.895. The van der Waals surface area contributed by atoms with E-state index in [-0.39, 0.29) is 12.1 Å². The highest BCUT2D eigenvalue weighted by Gasteiger charge is 2.23. The maximum Gasteiger partial charge on any atom is 0.161 e. The molecule has 0 saturated carbocycles. The zero-order valence-corrected chi connectivity index (χ0v) is 11.8. The van der Waals surface area contributed by atoms with Crippen LogP contribution in [0.25, 0.3) is 0 Å². The van der Waals surface area contributed by atoms with Gasteiger partial charge in [0, 0.05) is 18.4 Å². The van der Waals surface area contributed by atoms with E-state index in [0.29, 0.717) is 0 Å². The monoisotopic (exact) mass is 260 g/mol. The van der Waals surface area contributed by atoms with Gasteiger partial charge >= 0.3 is 0 Å². The van der Waals surface area contributed by atoms with Crippen LogP contribution in [0.2, 0.25) is 0 Å². The van der Waals surface area contributed by atoms with Crippen LogP contribution in [0.4, 0.5) is 0 Å². The Balaban J connectivity index is 2.51. The van der Waals surface area contributed by atoms with Crippen LogP contribution in [-0.2, 0) is 0 Å². The first-order chi connectivity index (χ1) is 9.19. The predicted octanol–water partition coefficient (Wildman–Crippen LogP) is 2.18. The van der Waals surface area contributed by atoms with Gasteiger partial charge in [-0.25, -0.2) is 0 Å². The molecule has 2 aromatic heterocycles. The Labute approximate surface area is 113 Å². The molecule has 0 aliphatic rings. The molecule has 1 N–H and O–H groups in total. The minimum Gasteiger partial charge on any atom is -0.493 e. The molecule has 2 rings (SSSR count). The van der Waals surface area contributed by atoms with Crippen molar-refractivity contribution >= 4 is 0 Å². The molecule has 0 saturated heterocycles. The Morgan fingerprint density at radius 1 is 1.26 bits per heavy atom. The summed E-state index contributed by atoms with van der Waals surface area (Å²) in [6.07, 6.45) is 5.35. The van der Waals surface area contributed by atoms with Gasteiger partial charge in [0.2, 0.25) is 0 Å². The number of nitrogens with one attached hydrogen (secondary N) is 1. The van der Waals surface area contributed by atoms with Gasteiger partial charge in [0.1, 0.15) is 5.69 Å². The average Bonchev–Trinajstić information content (AvgIpc) is 2.85. The number of hydrogen-bond donors (Lipinski definition) is 1. The number of rotatable bonds is 5. The molecule has 2 aromatic rings. The Morgan fingerprint density at radius 3 is 2.47 bits per heavy atom. The zero-order valence-electron chi connectivity index (χ0n) is 11.8. The van der Waals surface area contributed by atoms with Crippen molar-refractivity contribution in [2.75, 3.05) is 14.2 Å². The summed E-state index contributed by atoms with van der Waals surface area (Å²) in [4.78, 5) is 4.06. The van der Waals surface area contributed by atoms with Crippen LogP contribution >= 0.6 is 0 Å². The molecule has 5 heteroatoms. The minimum absolute atomic E-state index is 0.0304. The summed E-state index contributed by atoms with van der Waals surface area (Å²) < 4.78 is 7.43. The largest absolute Gasteiger partial charge is 0.493 e. The van der Waals surface area contributed by atoms with Crippen LogP contribution in [0.5, 0.6) is 5.75 Å². The third-order valence-corrected chi connectivity index (χ3v) is 3.11. The first kappa shape index (κ1) is 13.5. The molecule has 1 atom stereocenters. The lowest BCUT2D eigenvalue weighted by molar-refractivity contribution is 0.396. The second kappa shape index (κ2) is 5.84. The van der Waals surface area contributed by atoms with E-state index < -0.39 is 0 Å². The summed E-state index contributed by atoms with van der Waals surface area (Å²) in [6, 6.07) is 4.30.